The fourth-order valence-electron chi connectivity index (χ4n) is 1.63. The molecule has 0 amide bonds. The lowest BCUT2D eigenvalue weighted by molar-refractivity contribution is -0.103. The highest BCUT2D eigenvalue weighted by atomic mass is 35.5. The number of carbonyl (C=O) groups is 1. The fourth-order valence-corrected chi connectivity index (χ4v) is 1.79. The highest BCUT2D eigenvalue weighted by molar-refractivity contribution is 6.33. The molecule has 15 heavy (non-hydrogen) atoms. The Kier molecular flexibility index (Phi) is 2.84. The third kappa shape index (κ3) is 1.79. The van der Waals surface area contributed by atoms with E-state index in [4.69, 9.17) is 11.6 Å². The average molecular weight is 217 g/mol. The first-order valence-electron chi connectivity index (χ1n) is 4.60. The summed E-state index contributed by atoms with van der Waals surface area (Å²) in [5.74, 6) is 0. The van der Waals surface area contributed by atoms with E-state index in [0.29, 0.717) is 5.57 Å². The molecule has 0 heterocycles. The minimum Gasteiger partial charge on any atom is -0.298 e. The van der Waals surface area contributed by atoms with Crippen molar-refractivity contribution < 1.29 is 4.79 Å². The van der Waals surface area contributed by atoms with Crippen molar-refractivity contribution in [3.8, 4) is 0 Å². The molecule has 0 bridgehead atoms. The van der Waals surface area contributed by atoms with Gasteiger partial charge in [-0.25, -0.2) is 0 Å². The summed E-state index contributed by atoms with van der Waals surface area (Å²) < 4.78 is 0. The summed E-state index contributed by atoms with van der Waals surface area (Å²) in [5, 5.41) is 2.15. The number of halogens is 1. The van der Waals surface area contributed by atoms with Crippen molar-refractivity contribution >= 4 is 34.2 Å². The molecular weight excluding hydrogens is 208 g/mol. The predicted molar refractivity (Wildman–Crippen MR) is 63.8 cm³/mol. The molecule has 0 aliphatic rings. The molecule has 0 spiro atoms. The number of hydrogen-bond donors (Lipinski definition) is 0. The van der Waals surface area contributed by atoms with Crippen molar-refractivity contribution in [2.24, 2.45) is 0 Å². The Labute approximate surface area is 93.0 Å². The molecule has 0 atom stereocenters. The van der Waals surface area contributed by atoms with Gasteiger partial charge >= 0.3 is 0 Å². The molecule has 0 fully saturated rings. The molecule has 0 aromatic heterocycles. The molecule has 0 saturated carbocycles. The predicted octanol–water partition coefficient (Wildman–Crippen LogP) is 3.62. The largest absolute Gasteiger partial charge is 0.298 e. The maximum absolute atomic E-state index is 10.8. The Morgan fingerprint density at radius 1 is 1.07 bits per heavy atom. The summed E-state index contributed by atoms with van der Waals surface area (Å²) in [5.41, 5.74) is 2.70. The summed E-state index contributed by atoms with van der Waals surface area (Å²) in [6.45, 7) is 0. The molecule has 0 aliphatic carbocycles. The van der Waals surface area contributed by atoms with Gasteiger partial charge < -0.3 is 0 Å². The molecule has 0 radical (unpaired) electrons. The van der Waals surface area contributed by atoms with E-state index in [1.165, 1.54) is 5.54 Å². The Balaban J connectivity index is 2.76. The van der Waals surface area contributed by atoms with Gasteiger partial charge in [0, 0.05) is 11.1 Å². The summed E-state index contributed by atoms with van der Waals surface area (Å²) >= 11 is 5.61. The van der Waals surface area contributed by atoms with Gasteiger partial charge in [0.05, 0.1) is 0 Å². The fraction of sp³-hybridized carbons (Fsp3) is 0. The van der Waals surface area contributed by atoms with Crippen molar-refractivity contribution in [3.05, 3.63) is 53.6 Å². The summed E-state index contributed by atoms with van der Waals surface area (Å²) in [7, 11) is 0. The van der Waals surface area contributed by atoms with Gasteiger partial charge in [-0.15, -0.1) is 0 Å². The second-order valence-corrected chi connectivity index (χ2v) is 3.43. The molecule has 2 rings (SSSR count). The van der Waals surface area contributed by atoms with Crippen LogP contribution in [-0.2, 0) is 4.79 Å². The normalized spacial score (nSPS) is 11.7. The van der Waals surface area contributed by atoms with E-state index in [1.807, 2.05) is 42.5 Å². The van der Waals surface area contributed by atoms with Crippen LogP contribution in [0.15, 0.2) is 48.0 Å². The number of fused-ring (bicyclic) bond motifs is 1. The Morgan fingerprint density at radius 3 is 2.53 bits per heavy atom. The maximum atomic E-state index is 10.8. The zero-order chi connectivity index (χ0) is 10.7. The van der Waals surface area contributed by atoms with Crippen LogP contribution in [0, 0.1) is 0 Å². The lowest BCUT2D eigenvalue weighted by Gasteiger charge is -2.04. The molecule has 1 nitrogen and oxygen atoms in total. The van der Waals surface area contributed by atoms with E-state index in [9.17, 15) is 4.79 Å². The van der Waals surface area contributed by atoms with E-state index in [-0.39, 0.29) is 0 Å². The van der Waals surface area contributed by atoms with Crippen LogP contribution in [-0.4, -0.2) is 6.29 Å². The Hall–Kier alpha value is -1.60. The summed E-state index contributed by atoms with van der Waals surface area (Å²) in [6, 6.07) is 13.7. The highest BCUT2D eigenvalue weighted by Crippen LogP contribution is 2.24. The summed E-state index contributed by atoms with van der Waals surface area (Å²) in [6.07, 6.45) is 0.773. The van der Waals surface area contributed by atoms with Gasteiger partial charge in [-0.1, -0.05) is 54.1 Å². The van der Waals surface area contributed by atoms with Crippen LogP contribution >= 0.6 is 11.6 Å². The lowest BCUT2D eigenvalue weighted by atomic mass is 10.0. The van der Waals surface area contributed by atoms with Gasteiger partial charge in [-0.2, -0.15) is 0 Å². The number of hydrogen-bond acceptors (Lipinski definition) is 1. The highest BCUT2D eigenvalue weighted by Gasteiger charge is 2.04. The third-order valence-corrected chi connectivity index (χ3v) is 2.58. The molecule has 2 aromatic carbocycles. The number of allylic oxidation sites excluding steroid dienone is 1. The van der Waals surface area contributed by atoms with E-state index in [0.717, 1.165) is 22.6 Å². The van der Waals surface area contributed by atoms with Crippen LogP contribution in [0.1, 0.15) is 5.56 Å². The zero-order valence-electron chi connectivity index (χ0n) is 7.98. The zero-order valence-corrected chi connectivity index (χ0v) is 8.74. The molecule has 74 valence electrons. The van der Waals surface area contributed by atoms with Crippen LogP contribution in [0.3, 0.4) is 0 Å². The van der Waals surface area contributed by atoms with Crippen molar-refractivity contribution in [2.45, 2.75) is 0 Å². The summed E-state index contributed by atoms with van der Waals surface area (Å²) in [4.78, 5) is 10.8. The molecule has 2 aromatic rings. The van der Waals surface area contributed by atoms with Gasteiger partial charge in [0.1, 0.15) is 0 Å². The molecule has 0 N–H and O–H groups in total. The van der Waals surface area contributed by atoms with Gasteiger partial charge in [0.2, 0.25) is 0 Å². The molecule has 0 aliphatic heterocycles. The first-order chi connectivity index (χ1) is 7.36. The third-order valence-electron chi connectivity index (χ3n) is 2.35. The number of carbonyl (C=O) groups excluding carboxylic acids is 1. The van der Waals surface area contributed by atoms with E-state index in [2.05, 4.69) is 0 Å². The van der Waals surface area contributed by atoms with E-state index >= 15 is 0 Å². The first-order valence-corrected chi connectivity index (χ1v) is 5.04. The van der Waals surface area contributed by atoms with Gasteiger partial charge in [0.25, 0.3) is 0 Å². The van der Waals surface area contributed by atoms with Gasteiger partial charge in [-0.05, 0) is 16.3 Å². The number of rotatable bonds is 2. The monoisotopic (exact) mass is 216 g/mol. The van der Waals surface area contributed by atoms with Crippen LogP contribution in [0.25, 0.3) is 16.3 Å². The topological polar surface area (TPSA) is 17.1 Å². The van der Waals surface area contributed by atoms with E-state index in [1.54, 1.807) is 0 Å². The van der Waals surface area contributed by atoms with Crippen LogP contribution in [0.2, 0.25) is 0 Å². The van der Waals surface area contributed by atoms with Crippen molar-refractivity contribution in [2.75, 3.05) is 0 Å². The van der Waals surface area contributed by atoms with Crippen LogP contribution < -0.4 is 0 Å². The average Bonchev–Trinajstić information content (AvgIpc) is 2.31. The van der Waals surface area contributed by atoms with Gasteiger partial charge in [-0.3, -0.25) is 4.79 Å². The SMILES string of the molecule is O=CC(=CCl)c1cccc2ccccc12. The first kappa shape index (κ1) is 9.94. The van der Waals surface area contributed by atoms with E-state index < -0.39 is 0 Å². The Morgan fingerprint density at radius 2 is 1.80 bits per heavy atom. The Bertz CT molecular complexity index is 524. The molecule has 0 unspecified atom stereocenters. The molecular formula is C13H9ClO. The van der Waals surface area contributed by atoms with Crippen molar-refractivity contribution in [3.63, 3.8) is 0 Å². The smallest absolute Gasteiger partial charge is 0.151 e. The minimum absolute atomic E-state index is 0.508. The quantitative estimate of drug-likeness (QED) is 0.554. The van der Waals surface area contributed by atoms with Crippen LogP contribution in [0.5, 0.6) is 0 Å². The maximum Gasteiger partial charge on any atom is 0.151 e. The standard InChI is InChI=1S/C13H9ClO/c14-8-11(9-15)13-7-3-5-10-4-1-2-6-12(10)13/h1-9H. The van der Waals surface area contributed by atoms with Crippen molar-refractivity contribution in [1.82, 2.24) is 0 Å². The number of aldehydes is 1. The van der Waals surface area contributed by atoms with Crippen LogP contribution in [0.4, 0.5) is 0 Å². The number of benzene rings is 2. The second-order valence-electron chi connectivity index (χ2n) is 3.21. The lowest BCUT2D eigenvalue weighted by Crippen LogP contribution is -1.86. The van der Waals surface area contributed by atoms with Gasteiger partial charge in [0.15, 0.2) is 6.29 Å². The minimum atomic E-state index is 0.508. The van der Waals surface area contributed by atoms with Crippen molar-refractivity contribution in [1.29, 1.82) is 0 Å². The molecule has 0 saturated heterocycles. The second kappa shape index (κ2) is 4.28. The molecule has 2 heteroatoms.